The smallest absolute Gasteiger partial charge is 0.228 e. The van der Waals surface area contributed by atoms with E-state index in [1.165, 1.54) is 0 Å². The molecular weight excluding hydrogens is 357 g/mol. The van der Waals surface area contributed by atoms with Crippen molar-refractivity contribution in [1.82, 2.24) is 10.3 Å². The molecule has 124 valence electrons. The first-order chi connectivity index (χ1) is 10.6. The number of para-hydroxylation sites is 1. The molecule has 2 N–H and O–H groups in total. The fraction of sp³-hybridized carbons (Fsp3) is 0.375. The van der Waals surface area contributed by atoms with Crippen molar-refractivity contribution >= 4 is 57.3 Å². The van der Waals surface area contributed by atoms with Gasteiger partial charge in [0.15, 0.2) is 0 Å². The summed E-state index contributed by atoms with van der Waals surface area (Å²) in [6.07, 6.45) is 0.790. The number of alkyl halides is 3. The van der Waals surface area contributed by atoms with E-state index >= 15 is 0 Å². The van der Waals surface area contributed by atoms with E-state index in [1.54, 1.807) is 27.0 Å². The van der Waals surface area contributed by atoms with Crippen LogP contribution < -0.4 is 10.6 Å². The molecule has 1 atom stereocenters. The van der Waals surface area contributed by atoms with Crippen LogP contribution in [0.15, 0.2) is 36.5 Å². The molecule has 0 radical (unpaired) electrons. The third-order valence-electron chi connectivity index (χ3n) is 3.22. The van der Waals surface area contributed by atoms with E-state index in [0.717, 1.165) is 10.9 Å². The molecule has 0 saturated carbocycles. The third kappa shape index (κ3) is 4.63. The topological polar surface area (TPSA) is 54.0 Å². The highest BCUT2D eigenvalue weighted by atomic mass is 35.6. The highest BCUT2D eigenvalue weighted by Gasteiger charge is 2.36. The van der Waals surface area contributed by atoms with E-state index in [4.69, 9.17) is 34.8 Å². The van der Waals surface area contributed by atoms with Gasteiger partial charge in [0.05, 0.1) is 11.2 Å². The van der Waals surface area contributed by atoms with E-state index < -0.39 is 15.4 Å². The van der Waals surface area contributed by atoms with Crippen LogP contribution in [0.4, 0.5) is 5.69 Å². The lowest BCUT2D eigenvalue weighted by atomic mass is 9.95. The SMILES string of the molecule is CC(C)(C)C(=O)N[C@@H](Nc1cccc2cccnc12)C(Cl)(Cl)Cl. The second-order valence-electron chi connectivity index (χ2n) is 6.22. The van der Waals surface area contributed by atoms with Crippen molar-refractivity contribution < 1.29 is 4.79 Å². The molecule has 0 fully saturated rings. The number of hydrogen-bond acceptors (Lipinski definition) is 3. The van der Waals surface area contributed by atoms with E-state index in [1.807, 2.05) is 30.3 Å². The summed E-state index contributed by atoms with van der Waals surface area (Å²) >= 11 is 18.1. The first-order valence-electron chi connectivity index (χ1n) is 7.07. The second kappa shape index (κ2) is 6.71. The van der Waals surface area contributed by atoms with Gasteiger partial charge in [0.25, 0.3) is 0 Å². The molecule has 23 heavy (non-hydrogen) atoms. The Morgan fingerprint density at radius 3 is 2.39 bits per heavy atom. The number of halogens is 3. The lowest BCUT2D eigenvalue weighted by molar-refractivity contribution is -0.129. The van der Waals surface area contributed by atoms with E-state index in [0.29, 0.717) is 5.69 Å². The molecule has 1 amide bonds. The minimum absolute atomic E-state index is 0.227. The standard InChI is InChI=1S/C16H18Cl3N3O/c1-15(2,3)14(23)22-13(16(17,18)19)21-11-8-4-6-10-7-5-9-20-12(10)11/h4-9,13,21H,1-3H3,(H,22,23)/t13-/m1/s1. The number of carbonyl (C=O) groups excluding carboxylic acids is 1. The minimum Gasteiger partial charge on any atom is -0.360 e. The van der Waals surface area contributed by atoms with Crippen molar-refractivity contribution in [1.29, 1.82) is 0 Å². The number of nitrogens with zero attached hydrogens (tertiary/aromatic N) is 1. The zero-order valence-corrected chi connectivity index (χ0v) is 15.3. The van der Waals surface area contributed by atoms with Gasteiger partial charge in [-0.15, -0.1) is 0 Å². The molecule has 0 aliphatic carbocycles. The van der Waals surface area contributed by atoms with Gasteiger partial charge in [0.2, 0.25) is 9.70 Å². The number of rotatable bonds is 3. The van der Waals surface area contributed by atoms with Crippen LogP contribution in [0, 0.1) is 5.41 Å². The maximum atomic E-state index is 12.2. The zero-order chi connectivity index (χ0) is 17.3. The van der Waals surface area contributed by atoms with Crippen LogP contribution in [0.25, 0.3) is 10.9 Å². The number of benzene rings is 1. The molecule has 2 rings (SSSR count). The molecule has 2 aromatic rings. The highest BCUT2D eigenvalue weighted by Crippen LogP contribution is 2.33. The summed E-state index contributed by atoms with van der Waals surface area (Å²) in [5.41, 5.74) is 0.806. The lowest BCUT2D eigenvalue weighted by Crippen LogP contribution is -2.52. The fourth-order valence-corrected chi connectivity index (χ4v) is 2.25. The Morgan fingerprint density at radius 2 is 1.78 bits per heavy atom. The predicted octanol–water partition coefficient (Wildman–Crippen LogP) is 4.51. The monoisotopic (exact) mass is 373 g/mol. The highest BCUT2D eigenvalue weighted by molar-refractivity contribution is 6.68. The summed E-state index contributed by atoms with van der Waals surface area (Å²) in [5.74, 6) is -0.227. The summed E-state index contributed by atoms with van der Waals surface area (Å²) in [7, 11) is 0. The van der Waals surface area contributed by atoms with Crippen LogP contribution in [0.1, 0.15) is 20.8 Å². The van der Waals surface area contributed by atoms with Crippen LogP contribution in [-0.2, 0) is 4.79 Å². The van der Waals surface area contributed by atoms with Crippen molar-refractivity contribution in [2.24, 2.45) is 5.41 Å². The van der Waals surface area contributed by atoms with Crippen molar-refractivity contribution in [3.63, 3.8) is 0 Å². The Balaban J connectivity index is 2.32. The number of fused-ring (bicyclic) bond motifs is 1. The molecule has 1 heterocycles. The largest absolute Gasteiger partial charge is 0.360 e. The van der Waals surface area contributed by atoms with Gasteiger partial charge in [0.1, 0.15) is 6.17 Å². The van der Waals surface area contributed by atoms with Crippen molar-refractivity contribution in [3.05, 3.63) is 36.5 Å². The van der Waals surface area contributed by atoms with Crippen molar-refractivity contribution in [2.45, 2.75) is 30.7 Å². The van der Waals surface area contributed by atoms with Gasteiger partial charge in [0, 0.05) is 17.0 Å². The molecule has 1 aromatic carbocycles. The molecule has 0 saturated heterocycles. The van der Waals surface area contributed by atoms with Crippen LogP contribution >= 0.6 is 34.8 Å². The van der Waals surface area contributed by atoms with E-state index in [2.05, 4.69) is 15.6 Å². The van der Waals surface area contributed by atoms with Gasteiger partial charge in [-0.25, -0.2) is 0 Å². The average molecular weight is 375 g/mol. The lowest BCUT2D eigenvalue weighted by Gasteiger charge is -2.30. The van der Waals surface area contributed by atoms with Gasteiger partial charge in [-0.1, -0.05) is 73.8 Å². The Morgan fingerprint density at radius 1 is 1.13 bits per heavy atom. The van der Waals surface area contributed by atoms with Gasteiger partial charge in [-0.05, 0) is 12.1 Å². The predicted molar refractivity (Wildman–Crippen MR) is 97.0 cm³/mol. The summed E-state index contributed by atoms with van der Waals surface area (Å²) in [6, 6.07) is 9.41. The molecule has 0 aliphatic heterocycles. The molecule has 0 aliphatic rings. The van der Waals surface area contributed by atoms with Crippen molar-refractivity contribution in [3.8, 4) is 0 Å². The summed E-state index contributed by atoms with van der Waals surface area (Å²) in [5, 5.41) is 6.76. The Bertz CT molecular complexity index is 702. The second-order valence-corrected chi connectivity index (χ2v) is 8.59. The summed E-state index contributed by atoms with van der Waals surface area (Å²) in [6.45, 7) is 5.37. The molecule has 0 unspecified atom stereocenters. The first-order valence-corrected chi connectivity index (χ1v) is 8.20. The number of carbonyl (C=O) groups is 1. The van der Waals surface area contributed by atoms with Crippen LogP contribution in [0.2, 0.25) is 0 Å². The maximum Gasteiger partial charge on any atom is 0.228 e. The number of hydrogen-bond donors (Lipinski definition) is 2. The number of nitrogens with one attached hydrogen (secondary N) is 2. The Kier molecular flexibility index (Phi) is 5.29. The third-order valence-corrected chi connectivity index (χ3v) is 3.87. The van der Waals surface area contributed by atoms with Gasteiger partial charge < -0.3 is 10.6 Å². The van der Waals surface area contributed by atoms with Crippen LogP contribution in [0.5, 0.6) is 0 Å². The molecule has 1 aromatic heterocycles. The quantitative estimate of drug-likeness (QED) is 0.614. The van der Waals surface area contributed by atoms with Crippen molar-refractivity contribution in [2.75, 3.05) is 5.32 Å². The number of pyridine rings is 1. The van der Waals surface area contributed by atoms with Crippen LogP contribution in [0.3, 0.4) is 0 Å². The maximum absolute atomic E-state index is 12.2. The normalized spacial score (nSPS) is 13.7. The van der Waals surface area contributed by atoms with E-state index in [-0.39, 0.29) is 5.91 Å². The fourth-order valence-electron chi connectivity index (χ4n) is 1.92. The van der Waals surface area contributed by atoms with E-state index in [9.17, 15) is 4.79 Å². The summed E-state index contributed by atoms with van der Waals surface area (Å²) in [4.78, 5) is 16.6. The minimum atomic E-state index is -1.72. The molecule has 0 spiro atoms. The zero-order valence-electron chi connectivity index (χ0n) is 13.0. The van der Waals surface area contributed by atoms with Crippen LogP contribution in [-0.4, -0.2) is 20.8 Å². The first kappa shape index (κ1) is 18.1. The van der Waals surface area contributed by atoms with Gasteiger partial charge in [-0.3, -0.25) is 9.78 Å². The average Bonchev–Trinajstić information content (AvgIpc) is 2.44. The summed E-state index contributed by atoms with van der Waals surface area (Å²) < 4.78 is -1.72. The molecule has 7 heteroatoms. The van der Waals surface area contributed by atoms with Gasteiger partial charge in [-0.2, -0.15) is 0 Å². The molecular formula is C16H18Cl3N3O. The number of aromatic nitrogens is 1. The molecule has 0 bridgehead atoms. The number of amides is 1. The Hall–Kier alpha value is -1.23. The number of anilines is 1. The molecule has 4 nitrogen and oxygen atoms in total. The Labute approximate surface area is 150 Å². The van der Waals surface area contributed by atoms with Gasteiger partial charge >= 0.3 is 0 Å².